The molecule has 1 unspecified atom stereocenters. The van der Waals surface area contributed by atoms with Crippen LogP contribution in [0.4, 0.5) is 4.39 Å². The normalized spacial score (nSPS) is 23.7. The highest BCUT2D eigenvalue weighted by Gasteiger charge is 2.39. The molecule has 2 aliphatic heterocycles. The second-order valence-electron chi connectivity index (χ2n) is 9.56. The molecule has 3 aliphatic rings. The van der Waals surface area contributed by atoms with E-state index in [1.54, 1.807) is 19.2 Å². The van der Waals surface area contributed by atoms with Crippen molar-refractivity contribution in [2.75, 3.05) is 32.7 Å². The van der Waals surface area contributed by atoms with Crippen molar-refractivity contribution in [1.82, 2.24) is 45.3 Å². The number of hydrogen-bond donors (Lipinski definition) is 1. The monoisotopic (exact) mass is 488 g/mol. The highest BCUT2D eigenvalue weighted by molar-refractivity contribution is 5.85. The maximum atomic E-state index is 14.0. The summed E-state index contributed by atoms with van der Waals surface area (Å²) in [4.78, 5) is 26.8. The number of halogens is 1. The van der Waals surface area contributed by atoms with E-state index in [4.69, 9.17) is 0 Å². The van der Waals surface area contributed by atoms with E-state index < -0.39 is 5.82 Å². The summed E-state index contributed by atoms with van der Waals surface area (Å²) in [6, 6.07) is 5.35. The van der Waals surface area contributed by atoms with Gasteiger partial charge in [-0.05, 0) is 47.4 Å². The smallest absolute Gasteiger partial charge is 0.253 e. The lowest BCUT2D eigenvalue weighted by atomic mass is 9.93. The minimum atomic E-state index is -0.481. The molecule has 36 heavy (non-hydrogen) atoms. The maximum absolute atomic E-state index is 14.0. The van der Waals surface area contributed by atoms with E-state index in [1.165, 1.54) is 17.1 Å². The third-order valence-corrected chi connectivity index (χ3v) is 7.66. The predicted molar refractivity (Wildman–Crippen MR) is 124 cm³/mol. The average Bonchev–Trinajstić information content (AvgIpc) is 3.58. The fourth-order valence-corrected chi connectivity index (χ4v) is 5.71. The number of amides is 1. The molecule has 6 rings (SSSR count). The zero-order chi connectivity index (χ0) is 24.8. The van der Waals surface area contributed by atoms with Crippen molar-refractivity contribution in [2.45, 2.75) is 37.8 Å². The van der Waals surface area contributed by atoms with Gasteiger partial charge in [0, 0.05) is 56.6 Å². The molecule has 4 heterocycles. The van der Waals surface area contributed by atoms with Crippen LogP contribution in [0.5, 0.6) is 0 Å². The first kappa shape index (κ1) is 22.6. The van der Waals surface area contributed by atoms with Crippen molar-refractivity contribution < 1.29 is 9.18 Å². The zero-order valence-corrected chi connectivity index (χ0v) is 19.8. The summed E-state index contributed by atoms with van der Waals surface area (Å²) in [6.45, 7) is 5.35. The quantitative estimate of drug-likeness (QED) is 0.565. The number of rotatable bonds is 3. The Hall–Kier alpha value is -3.82. The number of carbonyl (C=O) groups excluding carboxylic acids is 1. The molecule has 2 fully saturated rings. The van der Waals surface area contributed by atoms with Gasteiger partial charge < -0.3 is 10.2 Å². The van der Waals surface area contributed by atoms with Gasteiger partial charge in [0.1, 0.15) is 18.2 Å². The van der Waals surface area contributed by atoms with Crippen molar-refractivity contribution in [3.8, 4) is 12.0 Å². The van der Waals surface area contributed by atoms with E-state index in [0.717, 1.165) is 42.8 Å². The minimum absolute atomic E-state index is 0.0180. The second-order valence-corrected chi connectivity index (χ2v) is 9.56. The summed E-state index contributed by atoms with van der Waals surface area (Å²) in [5.74, 6) is -0.181. The van der Waals surface area contributed by atoms with Gasteiger partial charge in [0.2, 0.25) is 5.91 Å². The largest absolute Gasteiger partial charge is 0.339 e. The van der Waals surface area contributed by atoms with Crippen LogP contribution in [0.1, 0.15) is 46.3 Å². The summed E-state index contributed by atoms with van der Waals surface area (Å²) in [5, 5.41) is 24.0. The fourth-order valence-electron chi connectivity index (χ4n) is 5.71. The number of nitriles is 1. The Morgan fingerprint density at radius 2 is 2.14 bits per heavy atom. The van der Waals surface area contributed by atoms with E-state index in [0.29, 0.717) is 31.1 Å². The van der Waals surface area contributed by atoms with Crippen LogP contribution < -0.4 is 5.32 Å². The van der Waals surface area contributed by atoms with E-state index in [1.807, 2.05) is 11.0 Å². The third kappa shape index (κ3) is 3.81. The van der Waals surface area contributed by atoms with Gasteiger partial charge in [-0.15, -0.1) is 5.10 Å². The van der Waals surface area contributed by atoms with Crippen LogP contribution in [0.15, 0.2) is 24.7 Å². The van der Waals surface area contributed by atoms with Gasteiger partial charge in [-0.2, -0.15) is 9.94 Å². The van der Waals surface area contributed by atoms with E-state index in [-0.39, 0.29) is 29.5 Å². The number of aryl methyl sites for hydroxylation is 1. The van der Waals surface area contributed by atoms with Gasteiger partial charge in [0.05, 0.1) is 17.2 Å². The molecular formula is C24H25FN10O. The van der Waals surface area contributed by atoms with Crippen molar-refractivity contribution >= 4 is 5.91 Å². The van der Waals surface area contributed by atoms with Gasteiger partial charge in [-0.1, -0.05) is 6.07 Å². The molecule has 12 heteroatoms. The number of fused-ring (bicyclic) bond motifs is 2. The fraction of sp³-hybridized carbons (Fsp3) is 0.458. The molecule has 11 nitrogen and oxygen atoms in total. The van der Waals surface area contributed by atoms with Crippen molar-refractivity contribution in [2.24, 2.45) is 0 Å². The molecule has 3 atom stereocenters. The Kier molecular flexibility index (Phi) is 5.66. The zero-order valence-electron chi connectivity index (χ0n) is 19.8. The van der Waals surface area contributed by atoms with Crippen LogP contribution in [0.25, 0.3) is 5.95 Å². The van der Waals surface area contributed by atoms with Crippen molar-refractivity contribution in [3.63, 3.8) is 0 Å². The average molecular weight is 489 g/mol. The Balaban J connectivity index is 1.12. The Morgan fingerprint density at radius 3 is 2.94 bits per heavy atom. The lowest BCUT2D eigenvalue weighted by molar-refractivity contribution is -0.136. The predicted octanol–water partition coefficient (Wildman–Crippen LogP) is 0.659. The SMILES string of the molecule is Cc1c([C@H]2CN3CCN(C(=O)C4CCc5nc(-n6cnnn6)ncc54)C[C@H]3CN2)ccc(F)c1C#N. The third-order valence-electron chi connectivity index (χ3n) is 7.66. The molecular weight excluding hydrogens is 463 g/mol. The van der Waals surface area contributed by atoms with E-state index in [9.17, 15) is 14.4 Å². The molecule has 0 spiro atoms. The number of aromatic nitrogens is 6. The van der Waals surface area contributed by atoms with Crippen molar-refractivity contribution in [3.05, 3.63) is 58.4 Å². The molecule has 1 aliphatic carbocycles. The minimum Gasteiger partial charge on any atom is -0.339 e. The topological polar surface area (TPSA) is 129 Å². The Labute approximate surface area is 206 Å². The standard InChI is InChI=1S/C24H25FN10O/c1-14-16(2-4-20(25)18(14)8-26)22-12-33-6-7-34(11-15(33)9-27-22)23(36)17-3-5-21-19(17)10-28-24(30-21)35-13-29-31-32-35/h2,4,10,13,15,17,22,27H,3,5-7,9,11-12H2,1H3/t15-,17?,22-/m1/s1. The summed E-state index contributed by atoms with van der Waals surface area (Å²) in [7, 11) is 0. The summed E-state index contributed by atoms with van der Waals surface area (Å²) in [5.41, 5.74) is 3.51. The number of benzene rings is 1. The first-order valence-electron chi connectivity index (χ1n) is 12.1. The van der Waals surface area contributed by atoms with Gasteiger partial charge in [0.25, 0.3) is 5.95 Å². The molecule has 2 aromatic heterocycles. The molecule has 0 saturated carbocycles. The Morgan fingerprint density at radius 1 is 1.25 bits per heavy atom. The second kappa shape index (κ2) is 9.00. The number of hydrogen-bond acceptors (Lipinski definition) is 9. The van der Waals surface area contributed by atoms with Crippen LogP contribution in [0, 0.1) is 24.1 Å². The lowest BCUT2D eigenvalue weighted by Gasteiger charge is -2.47. The lowest BCUT2D eigenvalue weighted by Crippen LogP contribution is -2.63. The molecule has 1 amide bonds. The number of tetrazole rings is 1. The summed E-state index contributed by atoms with van der Waals surface area (Å²) >= 11 is 0. The summed E-state index contributed by atoms with van der Waals surface area (Å²) < 4.78 is 15.4. The highest BCUT2D eigenvalue weighted by Crippen LogP contribution is 2.34. The number of nitrogens with one attached hydrogen (secondary N) is 1. The molecule has 0 bridgehead atoms. The molecule has 1 aromatic carbocycles. The van der Waals surface area contributed by atoms with Gasteiger partial charge >= 0.3 is 0 Å². The molecule has 3 aromatic rings. The highest BCUT2D eigenvalue weighted by atomic mass is 19.1. The van der Waals surface area contributed by atoms with Crippen LogP contribution in [-0.2, 0) is 11.2 Å². The van der Waals surface area contributed by atoms with Crippen molar-refractivity contribution in [1.29, 1.82) is 5.26 Å². The number of carbonyl (C=O) groups is 1. The number of piperazine rings is 2. The van der Waals surface area contributed by atoms with Gasteiger partial charge in [-0.25, -0.2) is 14.4 Å². The van der Waals surface area contributed by atoms with Crippen LogP contribution in [0.3, 0.4) is 0 Å². The molecule has 0 radical (unpaired) electrons. The Bertz CT molecular complexity index is 1350. The first-order chi connectivity index (χ1) is 17.5. The summed E-state index contributed by atoms with van der Waals surface area (Å²) in [6.07, 6.45) is 4.62. The van der Waals surface area contributed by atoms with E-state index >= 15 is 0 Å². The van der Waals surface area contributed by atoms with E-state index in [2.05, 4.69) is 35.7 Å². The molecule has 1 N–H and O–H groups in total. The maximum Gasteiger partial charge on any atom is 0.253 e. The van der Waals surface area contributed by atoms with Gasteiger partial charge in [-0.3, -0.25) is 9.69 Å². The van der Waals surface area contributed by atoms with Crippen LogP contribution in [0.2, 0.25) is 0 Å². The van der Waals surface area contributed by atoms with Crippen LogP contribution in [-0.4, -0.2) is 84.6 Å². The first-order valence-corrected chi connectivity index (χ1v) is 12.1. The number of nitrogens with zero attached hydrogens (tertiary/aromatic N) is 9. The van der Waals surface area contributed by atoms with Gasteiger partial charge in [0.15, 0.2) is 0 Å². The molecule has 2 saturated heterocycles. The molecule has 184 valence electrons. The van der Waals surface area contributed by atoms with Crippen LogP contribution >= 0.6 is 0 Å².